The molecule has 17 heavy (non-hydrogen) atoms. The van der Waals surface area contributed by atoms with E-state index in [1.54, 1.807) is 15.2 Å². The molecule has 0 atom stereocenters. The number of piperidine rings is 1. The first-order chi connectivity index (χ1) is 8.14. The highest BCUT2D eigenvalue weighted by Crippen LogP contribution is 2.19. The minimum absolute atomic E-state index is 0.268. The molecule has 2 heterocycles. The van der Waals surface area contributed by atoms with Crippen molar-refractivity contribution in [1.82, 2.24) is 14.1 Å². The Morgan fingerprint density at radius 3 is 2.65 bits per heavy atom. The van der Waals surface area contributed by atoms with Crippen molar-refractivity contribution in [1.29, 1.82) is 0 Å². The molecule has 1 aromatic heterocycles. The summed E-state index contributed by atoms with van der Waals surface area (Å²) < 4.78 is 27.6. The van der Waals surface area contributed by atoms with Crippen molar-refractivity contribution in [2.24, 2.45) is 0 Å². The highest BCUT2D eigenvalue weighted by atomic mass is 35.5. The third-order valence-electron chi connectivity index (χ3n) is 2.88. The number of rotatable bonds is 4. The molecule has 7 heteroatoms. The largest absolute Gasteiger partial charge is 0.270 e. The van der Waals surface area contributed by atoms with Gasteiger partial charge >= 0.3 is 0 Å². The summed E-state index contributed by atoms with van der Waals surface area (Å²) in [6.45, 7) is 1.75. The Morgan fingerprint density at radius 1 is 1.29 bits per heavy atom. The van der Waals surface area contributed by atoms with Crippen molar-refractivity contribution < 1.29 is 8.42 Å². The van der Waals surface area contributed by atoms with E-state index in [1.807, 2.05) is 0 Å². The molecular formula is C10H16ClN3O2S. The first kappa shape index (κ1) is 12.9. The van der Waals surface area contributed by atoms with Gasteiger partial charge in [-0.05, 0) is 12.8 Å². The van der Waals surface area contributed by atoms with Crippen LogP contribution < -0.4 is 0 Å². The van der Waals surface area contributed by atoms with Crippen molar-refractivity contribution in [2.75, 3.05) is 19.0 Å². The molecular weight excluding hydrogens is 262 g/mol. The number of aryl methyl sites for hydroxylation is 1. The van der Waals surface area contributed by atoms with Crippen LogP contribution in [0.25, 0.3) is 0 Å². The zero-order chi connectivity index (χ0) is 12.3. The van der Waals surface area contributed by atoms with Gasteiger partial charge < -0.3 is 0 Å². The summed E-state index contributed by atoms with van der Waals surface area (Å²) in [5.74, 6) is 0.422. The van der Waals surface area contributed by atoms with Crippen LogP contribution in [0.5, 0.6) is 0 Å². The lowest BCUT2D eigenvalue weighted by Crippen LogP contribution is -2.35. The van der Waals surface area contributed by atoms with Crippen LogP contribution in [-0.2, 0) is 16.6 Å². The number of sulfonamides is 1. The van der Waals surface area contributed by atoms with Crippen molar-refractivity contribution in [2.45, 2.75) is 30.7 Å². The molecule has 1 aliphatic rings. The highest BCUT2D eigenvalue weighted by molar-refractivity contribution is 7.89. The van der Waals surface area contributed by atoms with Gasteiger partial charge in [-0.15, -0.1) is 11.6 Å². The number of hydrogen-bond donors (Lipinski definition) is 0. The van der Waals surface area contributed by atoms with Crippen LogP contribution in [0.1, 0.15) is 19.3 Å². The molecule has 0 N–H and O–H groups in total. The second-order valence-corrected chi connectivity index (χ2v) is 6.41. The smallest absolute Gasteiger partial charge is 0.246 e. The van der Waals surface area contributed by atoms with E-state index in [-0.39, 0.29) is 4.90 Å². The molecule has 5 nitrogen and oxygen atoms in total. The lowest BCUT2D eigenvalue weighted by molar-refractivity contribution is 0.346. The summed E-state index contributed by atoms with van der Waals surface area (Å²) in [6, 6.07) is 0. The van der Waals surface area contributed by atoms with Crippen molar-refractivity contribution >= 4 is 21.6 Å². The van der Waals surface area contributed by atoms with Crippen molar-refractivity contribution in [3.8, 4) is 0 Å². The number of alkyl halides is 1. The van der Waals surface area contributed by atoms with Gasteiger partial charge in [-0.3, -0.25) is 4.68 Å². The molecule has 1 aliphatic heterocycles. The number of halogens is 1. The molecule has 0 unspecified atom stereocenters. The Labute approximate surface area is 106 Å². The van der Waals surface area contributed by atoms with Crippen LogP contribution >= 0.6 is 11.6 Å². The van der Waals surface area contributed by atoms with Crippen LogP contribution in [0.15, 0.2) is 17.3 Å². The Morgan fingerprint density at radius 2 is 2.00 bits per heavy atom. The maximum absolute atomic E-state index is 12.2. The zero-order valence-corrected chi connectivity index (χ0v) is 11.1. The van der Waals surface area contributed by atoms with E-state index in [2.05, 4.69) is 5.10 Å². The van der Waals surface area contributed by atoms with Gasteiger partial charge in [0.25, 0.3) is 0 Å². The van der Waals surface area contributed by atoms with Crippen LogP contribution in [0, 0.1) is 0 Å². The second-order valence-electron chi connectivity index (χ2n) is 4.09. The van der Waals surface area contributed by atoms with Crippen molar-refractivity contribution in [3.05, 3.63) is 12.4 Å². The number of aromatic nitrogens is 2. The molecule has 0 spiro atoms. The van der Waals surface area contributed by atoms with Crippen LogP contribution in [-0.4, -0.2) is 41.5 Å². The quantitative estimate of drug-likeness (QED) is 0.780. The fraction of sp³-hybridized carbons (Fsp3) is 0.700. The normalized spacial score (nSPS) is 18.4. The van der Waals surface area contributed by atoms with Crippen LogP contribution in [0.2, 0.25) is 0 Å². The fourth-order valence-electron chi connectivity index (χ4n) is 1.94. The summed E-state index contributed by atoms with van der Waals surface area (Å²) in [4.78, 5) is 0.268. The number of nitrogens with zero attached hydrogens (tertiary/aromatic N) is 3. The maximum atomic E-state index is 12.2. The van der Waals surface area contributed by atoms with E-state index in [1.165, 1.54) is 6.20 Å². The van der Waals surface area contributed by atoms with E-state index in [4.69, 9.17) is 11.6 Å². The van der Waals surface area contributed by atoms with Gasteiger partial charge in [-0.1, -0.05) is 6.42 Å². The molecule has 0 aliphatic carbocycles. The zero-order valence-electron chi connectivity index (χ0n) is 9.55. The first-order valence-electron chi connectivity index (χ1n) is 5.73. The highest BCUT2D eigenvalue weighted by Gasteiger charge is 2.26. The van der Waals surface area contributed by atoms with Gasteiger partial charge in [0.1, 0.15) is 4.90 Å². The van der Waals surface area contributed by atoms with Gasteiger partial charge in [0.2, 0.25) is 10.0 Å². The van der Waals surface area contributed by atoms with Crippen LogP contribution in [0.4, 0.5) is 0 Å². The molecule has 0 saturated carbocycles. The van der Waals surface area contributed by atoms with Gasteiger partial charge in [-0.25, -0.2) is 8.42 Å². The minimum Gasteiger partial charge on any atom is -0.270 e. The molecule has 1 fully saturated rings. The fourth-order valence-corrected chi connectivity index (χ4v) is 3.59. The lowest BCUT2D eigenvalue weighted by atomic mass is 10.2. The Kier molecular flexibility index (Phi) is 4.06. The van der Waals surface area contributed by atoms with E-state index >= 15 is 0 Å². The predicted molar refractivity (Wildman–Crippen MR) is 65.6 cm³/mol. The summed E-state index contributed by atoms with van der Waals surface area (Å²) >= 11 is 5.59. The molecule has 0 radical (unpaired) electrons. The molecule has 2 rings (SSSR count). The van der Waals surface area contributed by atoms with Crippen molar-refractivity contribution in [3.63, 3.8) is 0 Å². The molecule has 96 valence electrons. The lowest BCUT2D eigenvalue weighted by Gasteiger charge is -2.25. The standard InChI is InChI=1S/C10H16ClN3O2S/c11-4-7-13-9-10(8-12-13)17(15,16)14-5-2-1-3-6-14/h8-9H,1-7H2. The molecule has 0 amide bonds. The third-order valence-corrected chi connectivity index (χ3v) is 4.90. The van der Waals surface area contributed by atoms with E-state index in [0.717, 1.165) is 19.3 Å². The van der Waals surface area contributed by atoms with Crippen LogP contribution in [0.3, 0.4) is 0 Å². The Balaban J connectivity index is 2.18. The average Bonchev–Trinajstić information content (AvgIpc) is 2.80. The van der Waals surface area contributed by atoms with E-state index in [9.17, 15) is 8.42 Å². The third kappa shape index (κ3) is 2.81. The molecule has 0 aromatic carbocycles. The SMILES string of the molecule is O=S(=O)(c1cnn(CCCl)c1)N1CCCCC1. The summed E-state index contributed by atoms with van der Waals surface area (Å²) in [5, 5.41) is 3.99. The topological polar surface area (TPSA) is 55.2 Å². The van der Waals surface area contributed by atoms with E-state index in [0.29, 0.717) is 25.5 Å². The summed E-state index contributed by atoms with van der Waals surface area (Å²) in [7, 11) is -3.35. The summed E-state index contributed by atoms with van der Waals surface area (Å²) in [6.07, 6.45) is 5.93. The predicted octanol–water partition coefficient (Wildman–Crippen LogP) is 1.30. The summed E-state index contributed by atoms with van der Waals surface area (Å²) in [5.41, 5.74) is 0. The second kappa shape index (κ2) is 5.37. The number of hydrogen-bond acceptors (Lipinski definition) is 3. The Bertz CT molecular complexity index is 466. The maximum Gasteiger partial charge on any atom is 0.246 e. The minimum atomic E-state index is -3.35. The van der Waals surface area contributed by atoms with Gasteiger partial charge in [-0.2, -0.15) is 9.40 Å². The van der Waals surface area contributed by atoms with Gasteiger partial charge in [0, 0.05) is 25.2 Å². The van der Waals surface area contributed by atoms with Gasteiger partial charge in [0.15, 0.2) is 0 Å². The Hall–Kier alpha value is -0.590. The first-order valence-corrected chi connectivity index (χ1v) is 7.70. The molecule has 0 bridgehead atoms. The van der Waals surface area contributed by atoms with Gasteiger partial charge in [0.05, 0.1) is 12.7 Å². The molecule has 1 aromatic rings. The monoisotopic (exact) mass is 277 g/mol. The average molecular weight is 278 g/mol. The van der Waals surface area contributed by atoms with E-state index < -0.39 is 10.0 Å². The molecule has 1 saturated heterocycles.